The molecule has 2 nitrogen and oxygen atoms in total. The maximum Gasteiger partial charge on any atom is 0.0300 e. The van der Waals surface area contributed by atoms with Crippen LogP contribution in [0.4, 0.5) is 0 Å². The van der Waals surface area contributed by atoms with Crippen LogP contribution in [0.25, 0.3) is 0 Å². The van der Waals surface area contributed by atoms with Crippen LogP contribution in [0.5, 0.6) is 0 Å². The van der Waals surface area contributed by atoms with E-state index in [0.29, 0.717) is 6.04 Å². The first-order valence-electron chi connectivity index (χ1n) is 7.50. The molecule has 0 bridgehead atoms. The summed E-state index contributed by atoms with van der Waals surface area (Å²) in [5, 5.41) is 3.65. The Morgan fingerprint density at radius 2 is 2.17 bits per heavy atom. The van der Waals surface area contributed by atoms with Crippen molar-refractivity contribution in [2.45, 2.75) is 57.9 Å². The molecule has 1 aliphatic rings. The molecule has 100 valence electrons. The quantitative estimate of drug-likeness (QED) is 0.830. The van der Waals surface area contributed by atoms with Crippen LogP contribution in [0.3, 0.4) is 0 Å². The van der Waals surface area contributed by atoms with Crippen LogP contribution < -0.4 is 5.32 Å². The number of pyridine rings is 1. The summed E-state index contributed by atoms with van der Waals surface area (Å²) in [7, 11) is 0. The van der Waals surface area contributed by atoms with Crippen molar-refractivity contribution in [3.8, 4) is 0 Å². The van der Waals surface area contributed by atoms with Gasteiger partial charge in [-0.05, 0) is 36.9 Å². The van der Waals surface area contributed by atoms with Crippen molar-refractivity contribution in [2.24, 2.45) is 5.92 Å². The first-order valence-corrected chi connectivity index (χ1v) is 7.50. The van der Waals surface area contributed by atoms with Crippen LogP contribution in [-0.4, -0.2) is 17.6 Å². The average molecular weight is 246 g/mol. The summed E-state index contributed by atoms with van der Waals surface area (Å²) >= 11 is 0. The van der Waals surface area contributed by atoms with Gasteiger partial charge in [0.2, 0.25) is 0 Å². The number of aromatic nitrogens is 1. The molecule has 0 radical (unpaired) electrons. The number of hydrogen-bond acceptors (Lipinski definition) is 2. The Labute approximate surface area is 111 Å². The molecular weight excluding hydrogens is 220 g/mol. The van der Waals surface area contributed by atoms with Gasteiger partial charge < -0.3 is 5.32 Å². The molecule has 1 unspecified atom stereocenters. The lowest BCUT2D eigenvalue weighted by atomic mass is 9.83. The van der Waals surface area contributed by atoms with Crippen LogP contribution in [0.15, 0.2) is 24.5 Å². The normalized spacial score (nSPS) is 18.7. The van der Waals surface area contributed by atoms with Crippen molar-refractivity contribution in [2.75, 3.05) is 6.54 Å². The standard InChI is InChI=1S/C16H26N2/c1-2-18-16(11-14-7-4-3-5-8-14)12-15-9-6-10-17-13-15/h6,9-10,13-14,16,18H,2-5,7-8,11-12H2,1H3. The number of hydrogen-bond donors (Lipinski definition) is 1. The molecule has 1 aromatic rings. The zero-order valence-electron chi connectivity index (χ0n) is 11.6. The first kappa shape index (κ1) is 13.5. The van der Waals surface area contributed by atoms with E-state index in [1.807, 2.05) is 18.5 Å². The topological polar surface area (TPSA) is 24.9 Å². The Morgan fingerprint density at radius 1 is 1.33 bits per heavy atom. The Kier molecular flexibility index (Phi) is 5.66. The van der Waals surface area contributed by atoms with Crippen molar-refractivity contribution in [1.82, 2.24) is 10.3 Å². The second-order valence-electron chi connectivity index (χ2n) is 5.56. The van der Waals surface area contributed by atoms with Gasteiger partial charge in [0.25, 0.3) is 0 Å². The molecule has 2 heteroatoms. The SMILES string of the molecule is CCNC(Cc1cccnc1)CC1CCCCC1. The van der Waals surface area contributed by atoms with Crippen LogP contribution >= 0.6 is 0 Å². The molecule has 0 aromatic carbocycles. The maximum absolute atomic E-state index is 4.22. The number of rotatable bonds is 6. The molecule has 1 fully saturated rings. The van der Waals surface area contributed by atoms with Crippen LogP contribution in [0, 0.1) is 5.92 Å². The van der Waals surface area contributed by atoms with Gasteiger partial charge in [-0.15, -0.1) is 0 Å². The Hall–Kier alpha value is -0.890. The molecule has 0 spiro atoms. The van der Waals surface area contributed by atoms with Gasteiger partial charge in [-0.1, -0.05) is 45.1 Å². The smallest absolute Gasteiger partial charge is 0.0300 e. The number of likely N-dealkylation sites (N-methyl/N-ethyl adjacent to an activating group) is 1. The minimum atomic E-state index is 0.627. The van der Waals surface area contributed by atoms with Crippen molar-refractivity contribution in [3.05, 3.63) is 30.1 Å². The van der Waals surface area contributed by atoms with E-state index in [0.717, 1.165) is 18.9 Å². The van der Waals surface area contributed by atoms with Crippen LogP contribution in [0.2, 0.25) is 0 Å². The zero-order valence-corrected chi connectivity index (χ0v) is 11.6. The second-order valence-corrected chi connectivity index (χ2v) is 5.56. The van der Waals surface area contributed by atoms with Crippen molar-refractivity contribution >= 4 is 0 Å². The molecule has 2 rings (SSSR count). The predicted octanol–water partition coefficient (Wildman–Crippen LogP) is 3.57. The highest BCUT2D eigenvalue weighted by molar-refractivity contribution is 5.10. The van der Waals surface area contributed by atoms with E-state index in [1.54, 1.807) is 0 Å². The van der Waals surface area contributed by atoms with Gasteiger partial charge in [0.05, 0.1) is 0 Å². The average Bonchev–Trinajstić information content (AvgIpc) is 2.41. The maximum atomic E-state index is 4.22. The van der Waals surface area contributed by atoms with Crippen molar-refractivity contribution in [1.29, 1.82) is 0 Å². The second kappa shape index (κ2) is 7.52. The Balaban J connectivity index is 1.86. The first-order chi connectivity index (χ1) is 8.88. The molecule has 1 heterocycles. The number of nitrogens with one attached hydrogen (secondary N) is 1. The van der Waals surface area contributed by atoms with E-state index in [2.05, 4.69) is 23.3 Å². The summed E-state index contributed by atoms with van der Waals surface area (Å²) in [6.45, 7) is 3.27. The predicted molar refractivity (Wildman–Crippen MR) is 76.6 cm³/mol. The third-order valence-electron chi connectivity index (χ3n) is 4.04. The summed E-state index contributed by atoms with van der Waals surface area (Å²) in [5.41, 5.74) is 1.36. The minimum Gasteiger partial charge on any atom is -0.314 e. The molecule has 1 aromatic heterocycles. The lowest BCUT2D eigenvalue weighted by Gasteiger charge is -2.27. The van der Waals surface area contributed by atoms with E-state index in [1.165, 1.54) is 44.1 Å². The minimum absolute atomic E-state index is 0.627. The van der Waals surface area contributed by atoms with Gasteiger partial charge in [-0.25, -0.2) is 0 Å². The molecule has 1 aliphatic carbocycles. The van der Waals surface area contributed by atoms with Crippen LogP contribution in [0.1, 0.15) is 51.0 Å². The van der Waals surface area contributed by atoms with Gasteiger partial charge >= 0.3 is 0 Å². The summed E-state index contributed by atoms with van der Waals surface area (Å²) in [6, 6.07) is 4.86. The van der Waals surface area contributed by atoms with E-state index in [4.69, 9.17) is 0 Å². The molecule has 18 heavy (non-hydrogen) atoms. The lowest BCUT2D eigenvalue weighted by molar-refractivity contribution is 0.298. The molecule has 1 N–H and O–H groups in total. The molecule has 0 aliphatic heterocycles. The molecule has 1 atom stereocenters. The van der Waals surface area contributed by atoms with E-state index < -0.39 is 0 Å². The largest absolute Gasteiger partial charge is 0.314 e. The monoisotopic (exact) mass is 246 g/mol. The van der Waals surface area contributed by atoms with E-state index in [-0.39, 0.29) is 0 Å². The number of nitrogens with zero attached hydrogens (tertiary/aromatic N) is 1. The summed E-state index contributed by atoms with van der Waals surface area (Å²) in [4.78, 5) is 4.22. The molecule has 0 saturated heterocycles. The fraction of sp³-hybridized carbons (Fsp3) is 0.688. The summed E-state index contributed by atoms with van der Waals surface area (Å²) in [5.74, 6) is 0.944. The van der Waals surface area contributed by atoms with Gasteiger partial charge in [0.1, 0.15) is 0 Å². The fourth-order valence-electron chi connectivity index (χ4n) is 3.16. The van der Waals surface area contributed by atoms with Crippen LogP contribution in [-0.2, 0) is 6.42 Å². The highest BCUT2D eigenvalue weighted by Crippen LogP contribution is 2.28. The van der Waals surface area contributed by atoms with E-state index >= 15 is 0 Å². The van der Waals surface area contributed by atoms with Gasteiger partial charge in [0.15, 0.2) is 0 Å². The summed E-state index contributed by atoms with van der Waals surface area (Å²) in [6.07, 6.45) is 13.5. The third-order valence-corrected chi connectivity index (χ3v) is 4.04. The lowest BCUT2D eigenvalue weighted by Crippen LogP contribution is -2.33. The summed E-state index contributed by atoms with van der Waals surface area (Å²) < 4.78 is 0. The highest BCUT2D eigenvalue weighted by atomic mass is 14.9. The molecule has 1 saturated carbocycles. The van der Waals surface area contributed by atoms with Crippen molar-refractivity contribution in [3.63, 3.8) is 0 Å². The Morgan fingerprint density at radius 3 is 2.83 bits per heavy atom. The Bertz CT molecular complexity index is 317. The zero-order chi connectivity index (χ0) is 12.6. The highest BCUT2D eigenvalue weighted by Gasteiger charge is 2.18. The van der Waals surface area contributed by atoms with Gasteiger partial charge in [0, 0.05) is 18.4 Å². The van der Waals surface area contributed by atoms with Gasteiger partial charge in [-0.3, -0.25) is 4.98 Å². The van der Waals surface area contributed by atoms with Gasteiger partial charge in [-0.2, -0.15) is 0 Å². The van der Waals surface area contributed by atoms with E-state index in [9.17, 15) is 0 Å². The fourth-order valence-corrected chi connectivity index (χ4v) is 3.16. The molecule has 0 amide bonds. The third kappa shape index (κ3) is 4.41. The van der Waals surface area contributed by atoms with Crippen molar-refractivity contribution < 1.29 is 0 Å². The molecular formula is C16H26N2.